The molecular weight excluding hydrogens is 251 g/mol. The van der Waals surface area contributed by atoms with Gasteiger partial charge < -0.3 is 5.32 Å². The largest absolute Gasteiger partial charge is 0.317 e. The average Bonchev–Trinajstić information content (AvgIpc) is 2.47. The van der Waals surface area contributed by atoms with Gasteiger partial charge in [-0.15, -0.1) is 0 Å². The second kappa shape index (κ2) is 7.75. The molecule has 0 aromatic heterocycles. The predicted octanol–water partition coefficient (Wildman–Crippen LogP) is 3.60. The van der Waals surface area contributed by atoms with Gasteiger partial charge in [0.25, 0.3) is 0 Å². The van der Waals surface area contributed by atoms with Gasteiger partial charge in [-0.2, -0.15) is 0 Å². The Labute approximate surface area is 122 Å². The van der Waals surface area contributed by atoms with Gasteiger partial charge in [0.05, 0.1) is 0 Å². The first-order valence-electron chi connectivity index (χ1n) is 7.94. The third-order valence-electron chi connectivity index (χ3n) is 4.39. The van der Waals surface area contributed by atoms with Crippen molar-refractivity contribution in [1.29, 1.82) is 0 Å². The summed E-state index contributed by atoms with van der Waals surface area (Å²) in [6.07, 6.45) is 3.54. The molecule has 1 aromatic carbocycles. The zero-order chi connectivity index (χ0) is 14.4. The minimum absolute atomic E-state index is 0.122. The molecule has 1 atom stereocenters. The summed E-state index contributed by atoms with van der Waals surface area (Å²) in [5.41, 5.74) is 1.12. The molecule has 1 unspecified atom stereocenters. The van der Waals surface area contributed by atoms with Crippen molar-refractivity contribution in [2.75, 3.05) is 26.2 Å². The van der Waals surface area contributed by atoms with E-state index in [4.69, 9.17) is 0 Å². The number of likely N-dealkylation sites (tertiary alicyclic amines) is 1. The number of halogens is 1. The molecule has 1 aliphatic heterocycles. The zero-order valence-corrected chi connectivity index (χ0v) is 12.7. The van der Waals surface area contributed by atoms with Gasteiger partial charge in [-0.1, -0.05) is 26.0 Å². The normalized spacial score (nSPS) is 19.1. The Morgan fingerprint density at radius 1 is 1.30 bits per heavy atom. The summed E-state index contributed by atoms with van der Waals surface area (Å²) in [6.45, 7) is 8.81. The predicted molar refractivity (Wildman–Crippen MR) is 82.3 cm³/mol. The topological polar surface area (TPSA) is 15.3 Å². The van der Waals surface area contributed by atoms with Crippen LogP contribution in [0.4, 0.5) is 4.39 Å². The van der Waals surface area contributed by atoms with Crippen LogP contribution in [0.2, 0.25) is 0 Å². The minimum atomic E-state index is -0.122. The number of hydrogen-bond donors (Lipinski definition) is 1. The van der Waals surface area contributed by atoms with Crippen molar-refractivity contribution in [1.82, 2.24) is 10.2 Å². The first-order valence-corrected chi connectivity index (χ1v) is 7.94. The lowest BCUT2D eigenvalue weighted by Gasteiger charge is -2.37. The van der Waals surface area contributed by atoms with Crippen molar-refractivity contribution in [2.24, 2.45) is 5.92 Å². The highest BCUT2D eigenvalue weighted by molar-refractivity contribution is 5.20. The standard InChI is InChI=1S/C17H27FN2/c1-3-17(15-6-5-7-16(18)12-15)20-10-8-14(9-11-20)13-19-4-2/h5-7,12,14,17,19H,3-4,8-11,13H2,1-2H3. The van der Waals surface area contributed by atoms with E-state index in [9.17, 15) is 4.39 Å². The fraction of sp³-hybridized carbons (Fsp3) is 0.647. The van der Waals surface area contributed by atoms with E-state index >= 15 is 0 Å². The second-order valence-corrected chi connectivity index (χ2v) is 5.77. The van der Waals surface area contributed by atoms with Crippen molar-refractivity contribution in [3.8, 4) is 0 Å². The minimum Gasteiger partial charge on any atom is -0.317 e. The highest BCUT2D eigenvalue weighted by atomic mass is 19.1. The van der Waals surface area contributed by atoms with Gasteiger partial charge in [0, 0.05) is 6.04 Å². The molecular formula is C17H27FN2. The SMILES string of the molecule is CCNCC1CCN(C(CC)c2cccc(F)c2)CC1. The fourth-order valence-corrected chi connectivity index (χ4v) is 3.24. The van der Waals surface area contributed by atoms with Crippen LogP contribution in [0.3, 0.4) is 0 Å². The molecule has 1 fully saturated rings. The maximum absolute atomic E-state index is 13.4. The van der Waals surface area contributed by atoms with E-state index < -0.39 is 0 Å². The van der Waals surface area contributed by atoms with Crippen molar-refractivity contribution in [3.63, 3.8) is 0 Å². The van der Waals surface area contributed by atoms with E-state index in [1.54, 1.807) is 6.07 Å². The van der Waals surface area contributed by atoms with Crippen LogP contribution in [0.25, 0.3) is 0 Å². The Morgan fingerprint density at radius 3 is 2.65 bits per heavy atom. The summed E-state index contributed by atoms with van der Waals surface area (Å²) in [5.74, 6) is 0.680. The Kier molecular flexibility index (Phi) is 5.99. The average molecular weight is 278 g/mol. The van der Waals surface area contributed by atoms with E-state index in [1.807, 2.05) is 6.07 Å². The van der Waals surface area contributed by atoms with Gasteiger partial charge in [-0.25, -0.2) is 4.39 Å². The Balaban J connectivity index is 1.93. The summed E-state index contributed by atoms with van der Waals surface area (Å²) < 4.78 is 13.4. The zero-order valence-electron chi connectivity index (χ0n) is 12.7. The number of hydrogen-bond acceptors (Lipinski definition) is 2. The third-order valence-corrected chi connectivity index (χ3v) is 4.39. The van der Waals surface area contributed by atoms with Crippen molar-refractivity contribution >= 4 is 0 Å². The summed E-state index contributed by atoms with van der Waals surface area (Å²) in [7, 11) is 0. The molecule has 1 saturated heterocycles. The van der Waals surface area contributed by atoms with E-state index in [0.29, 0.717) is 6.04 Å². The van der Waals surface area contributed by atoms with Gasteiger partial charge in [-0.05, 0) is 69.1 Å². The quantitative estimate of drug-likeness (QED) is 0.855. The van der Waals surface area contributed by atoms with E-state index in [2.05, 4.69) is 30.1 Å². The van der Waals surface area contributed by atoms with E-state index in [0.717, 1.165) is 44.1 Å². The number of piperidine rings is 1. The van der Waals surface area contributed by atoms with Crippen molar-refractivity contribution < 1.29 is 4.39 Å². The molecule has 1 heterocycles. The molecule has 1 aliphatic rings. The van der Waals surface area contributed by atoms with Crippen LogP contribution < -0.4 is 5.32 Å². The Morgan fingerprint density at radius 2 is 2.05 bits per heavy atom. The van der Waals surface area contributed by atoms with Crippen LogP contribution in [0.15, 0.2) is 24.3 Å². The van der Waals surface area contributed by atoms with Gasteiger partial charge in [-0.3, -0.25) is 4.90 Å². The maximum atomic E-state index is 13.4. The second-order valence-electron chi connectivity index (χ2n) is 5.77. The van der Waals surface area contributed by atoms with Gasteiger partial charge in [0.2, 0.25) is 0 Å². The van der Waals surface area contributed by atoms with Crippen molar-refractivity contribution in [2.45, 2.75) is 39.2 Å². The first kappa shape index (κ1) is 15.5. The van der Waals surface area contributed by atoms with E-state index in [-0.39, 0.29) is 5.82 Å². The molecule has 0 saturated carbocycles. The highest BCUT2D eigenvalue weighted by Crippen LogP contribution is 2.29. The lowest BCUT2D eigenvalue weighted by atomic mass is 9.93. The number of nitrogens with zero attached hydrogens (tertiary/aromatic N) is 1. The first-order chi connectivity index (χ1) is 9.74. The molecule has 112 valence electrons. The maximum Gasteiger partial charge on any atom is 0.123 e. The van der Waals surface area contributed by atoms with Crippen LogP contribution in [0.5, 0.6) is 0 Å². The number of benzene rings is 1. The molecule has 0 bridgehead atoms. The molecule has 2 nitrogen and oxygen atoms in total. The van der Waals surface area contributed by atoms with Crippen LogP contribution >= 0.6 is 0 Å². The lowest BCUT2D eigenvalue weighted by Crippen LogP contribution is -2.39. The molecule has 20 heavy (non-hydrogen) atoms. The highest BCUT2D eigenvalue weighted by Gasteiger charge is 2.24. The van der Waals surface area contributed by atoms with Crippen LogP contribution in [-0.2, 0) is 0 Å². The monoisotopic (exact) mass is 278 g/mol. The molecule has 3 heteroatoms. The molecule has 0 radical (unpaired) electrons. The van der Waals surface area contributed by atoms with Crippen LogP contribution in [-0.4, -0.2) is 31.1 Å². The molecule has 0 spiro atoms. The Bertz CT molecular complexity index is 400. The fourth-order valence-electron chi connectivity index (χ4n) is 3.24. The number of rotatable bonds is 6. The molecule has 0 amide bonds. The summed E-state index contributed by atoms with van der Waals surface area (Å²) in [5, 5.41) is 3.45. The summed E-state index contributed by atoms with van der Waals surface area (Å²) >= 11 is 0. The number of nitrogens with one attached hydrogen (secondary N) is 1. The Hall–Kier alpha value is -0.930. The van der Waals surface area contributed by atoms with Gasteiger partial charge in [0.1, 0.15) is 5.82 Å². The smallest absolute Gasteiger partial charge is 0.123 e. The molecule has 0 aliphatic carbocycles. The van der Waals surface area contributed by atoms with Gasteiger partial charge in [0.15, 0.2) is 0 Å². The summed E-state index contributed by atoms with van der Waals surface area (Å²) in [6, 6.07) is 7.47. The van der Waals surface area contributed by atoms with Crippen molar-refractivity contribution in [3.05, 3.63) is 35.6 Å². The third kappa shape index (κ3) is 4.03. The van der Waals surface area contributed by atoms with Crippen LogP contribution in [0.1, 0.15) is 44.7 Å². The van der Waals surface area contributed by atoms with Crippen LogP contribution in [0, 0.1) is 11.7 Å². The molecule has 1 N–H and O–H groups in total. The lowest BCUT2D eigenvalue weighted by molar-refractivity contribution is 0.128. The van der Waals surface area contributed by atoms with Gasteiger partial charge >= 0.3 is 0 Å². The summed E-state index contributed by atoms with van der Waals surface area (Å²) in [4.78, 5) is 2.53. The molecule has 2 rings (SSSR count). The van der Waals surface area contributed by atoms with E-state index in [1.165, 1.54) is 18.9 Å². The molecule has 1 aromatic rings.